The number of carbonyl (C=O) groups is 1. The number of carbonyl (C=O) groups excluding carboxylic acids is 1. The number of hydrogen-bond acceptors (Lipinski definition) is 3. The van der Waals surface area contributed by atoms with E-state index in [-0.39, 0.29) is 0 Å². The van der Waals surface area contributed by atoms with Crippen LogP contribution in [-0.2, 0) is 11.2 Å². The number of nitrogens with zero attached hydrogens (tertiary/aromatic N) is 1. The molecule has 0 unspecified atom stereocenters. The smallest absolute Gasteiger partial charge is 0.170 e. The minimum Gasteiger partial charge on any atom is -0.356 e. The van der Waals surface area contributed by atoms with Crippen molar-refractivity contribution in [3.63, 3.8) is 0 Å². The Morgan fingerprint density at radius 3 is 2.65 bits per heavy atom. The molecule has 0 radical (unpaired) electrons. The molecular formula is C14H15NO2. The Bertz CT molecular complexity index is 500. The summed E-state index contributed by atoms with van der Waals surface area (Å²) in [6.07, 6.45) is 3.28. The third-order valence-electron chi connectivity index (χ3n) is 2.65. The molecule has 0 bridgehead atoms. The predicted molar refractivity (Wildman–Crippen MR) is 65.5 cm³/mol. The molecule has 2 rings (SSSR count). The summed E-state index contributed by atoms with van der Waals surface area (Å²) in [7, 11) is 0. The van der Waals surface area contributed by atoms with Crippen LogP contribution in [0.2, 0.25) is 0 Å². The molecule has 0 aliphatic rings. The second-order valence-corrected chi connectivity index (χ2v) is 4.83. The molecule has 0 fully saturated rings. The second kappa shape index (κ2) is 4.53. The van der Waals surface area contributed by atoms with E-state index in [4.69, 9.17) is 4.52 Å². The van der Waals surface area contributed by atoms with E-state index in [1.807, 2.05) is 44.2 Å². The molecule has 0 aliphatic carbocycles. The molecule has 0 N–H and O–H groups in total. The maximum absolute atomic E-state index is 10.9. The molecule has 0 aliphatic heterocycles. The molecule has 17 heavy (non-hydrogen) atoms. The molecule has 3 heteroatoms. The van der Waals surface area contributed by atoms with Crippen molar-refractivity contribution in [2.45, 2.75) is 20.3 Å². The monoisotopic (exact) mass is 229 g/mol. The lowest BCUT2D eigenvalue weighted by atomic mass is 9.87. The molecule has 0 atom stereocenters. The van der Waals surface area contributed by atoms with Crippen LogP contribution in [0.25, 0.3) is 11.3 Å². The fourth-order valence-corrected chi connectivity index (χ4v) is 1.75. The highest BCUT2D eigenvalue weighted by molar-refractivity contribution is 5.63. The van der Waals surface area contributed by atoms with E-state index in [9.17, 15) is 4.79 Å². The first-order chi connectivity index (χ1) is 8.12. The molecule has 88 valence electrons. The Balaban J connectivity index is 2.33. The van der Waals surface area contributed by atoms with Gasteiger partial charge in [-0.25, -0.2) is 0 Å². The van der Waals surface area contributed by atoms with E-state index in [0.29, 0.717) is 6.42 Å². The normalized spacial score (nSPS) is 11.4. The van der Waals surface area contributed by atoms with Crippen LogP contribution in [0.3, 0.4) is 0 Å². The van der Waals surface area contributed by atoms with Gasteiger partial charge in [0.1, 0.15) is 6.29 Å². The van der Waals surface area contributed by atoms with Gasteiger partial charge >= 0.3 is 0 Å². The SMILES string of the molecule is CC(C)(C=O)Cc1cnoc1-c1ccccc1. The molecule has 0 saturated carbocycles. The summed E-state index contributed by atoms with van der Waals surface area (Å²) in [5, 5.41) is 3.83. The van der Waals surface area contributed by atoms with Gasteiger partial charge in [-0.2, -0.15) is 0 Å². The van der Waals surface area contributed by atoms with E-state index in [1.165, 1.54) is 0 Å². The van der Waals surface area contributed by atoms with Gasteiger partial charge in [0.2, 0.25) is 0 Å². The summed E-state index contributed by atoms with van der Waals surface area (Å²) >= 11 is 0. The lowest BCUT2D eigenvalue weighted by Gasteiger charge is -2.15. The van der Waals surface area contributed by atoms with E-state index in [2.05, 4.69) is 5.16 Å². The quantitative estimate of drug-likeness (QED) is 0.756. The van der Waals surface area contributed by atoms with Crippen molar-refractivity contribution < 1.29 is 9.32 Å². The van der Waals surface area contributed by atoms with Crippen LogP contribution < -0.4 is 0 Å². The number of benzene rings is 1. The molecular weight excluding hydrogens is 214 g/mol. The third kappa shape index (κ3) is 2.61. The van der Waals surface area contributed by atoms with Crippen LogP contribution in [-0.4, -0.2) is 11.4 Å². The van der Waals surface area contributed by atoms with Crippen LogP contribution in [0, 0.1) is 5.41 Å². The van der Waals surface area contributed by atoms with Crippen molar-refractivity contribution in [1.29, 1.82) is 0 Å². The lowest BCUT2D eigenvalue weighted by molar-refractivity contribution is -0.114. The Morgan fingerprint density at radius 1 is 1.29 bits per heavy atom. The molecule has 0 saturated heterocycles. The van der Waals surface area contributed by atoms with Crippen molar-refractivity contribution in [3.8, 4) is 11.3 Å². The van der Waals surface area contributed by atoms with Crippen LogP contribution >= 0.6 is 0 Å². The molecule has 1 heterocycles. The first-order valence-electron chi connectivity index (χ1n) is 5.58. The largest absolute Gasteiger partial charge is 0.356 e. The standard InChI is InChI=1S/C14H15NO2/c1-14(2,10-16)8-12-9-15-17-13(12)11-6-4-3-5-7-11/h3-7,9-10H,8H2,1-2H3. The van der Waals surface area contributed by atoms with Crippen LogP contribution in [0.5, 0.6) is 0 Å². The lowest BCUT2D eigenvalue weighted by Crippen LogP contribution is -2.16. The number of aldehydes is 1. The summed E-state index contributed by atoms with van der Waals surface area (Å²) in [4.78, 5) is 10.9. The van der Waals surface area contributed by atoms with Crippen LogP contribution in [0.4, 0.5) is 0 Å². The van der Waals surface area contributed by atoms with Crippen molar-refractivity contribution in [2.75, 3.05) is 0 Å². The van der Waals surface area contributed by atoms with E-state index in [0.717, 1.165) is 23.2 Å². The maximum atomic E-state index is 10.9. The summed E-state index contributed by atoms with van der Waals surface area (Å²) in [5.74, 6) is 0.750. The minimum atomic E-state index is -0.394. The van der Waals surface area contributed by atoms with Gasteiger partial charge in [0, 0.05) is 16.5 Å². The molecule has 3 nitrogen and oxygen atoms in total. The van der Waals surface area contributed by atoms with Gasteiger partial charge in [0.25, 0.3) is 0 Å². The summed E-state index contributed by atoms with van der Waals surface area (Å²) in [5.41, 5.74) is 1.56. The van der Waals surface area contributed by atoms with Gasteiger partial charge in [-0.1, -0.05) is 49.3 Å². The first kappa shape index (κ1) is 11.6. The van der Waals surface area contributed by atoms with Gasteiger partial charge in [-0.15, -0.1) is 0 Å². The molecule has 0 spiro atoms. The molecule has 1 aromatic heterocycles. The van der Waals surface area contributed by atoms with Crippen molar-refractivity contribution >= 4 is 6.29 Å². The zero-order valence-corrected chi connectivity index (χ0v) is 10.0. The van der Waals surface area contributed by atoms with Crippen LogP contribution in [0.1, 0.15) is 19.4 Å². The second-order valence-electron chi connectivity index (χ2n) is 4.83. The molecule has 0 amide bonds. The first-order valence-corrected chi connectivity index (χ1v) is 5.58. The van der Waals surface area contributed by atoms with Gasteiger partial charge in [-0.3, -0.25) is 0 Å². The van der Waals surface area contributed by atoms with Crippen molar-refractivity contribution in [3.05, 3.63) is 42.1 Å². The highest BCUT2D eigenvalue weighted by Gasteiger charge is 2.21. The summed E-state index contributed by atoms with van der Waals surface area (Å²) in [6, 6.07) is 9.80. The van der Waals surface area contributed by atoms with Gasteiger partial charge in [0.05, 0.1) is 6.20 Å². The number of rotatable bonds is 4. The minimum absolute atomic E-state index is 0.394. The van der Waals surface area contributed by atoms with E-state index < -0.39 is 5.41 Å². The van der Waals surface area contributed by atoms with Gasteiger partial charge in [-0.05, 0) is 6.42 Å². The average molecular weight is 229 g/mol. The molecule has 2 aromatic rings. The Morgan fingerprint density at radius 2 is 2.00 bits per heavy atom. The number of hydrogen-bond donors (Lipinski definition) is 0. The zero-order valence-electron chi connectivity index (χ0n) is 10.0. The molecule has 1 aromatic carbocycles. The fourth-order valence-electron chi connectivity index (χ4n) is 1.75. The fraction of sp³-hybridized carbons (Fsp3) is 0.286. The van der Waals surface area contributed by atoms with Crippen LogP contribution in [0.15, 0.2) is 41.1 Å². The Labute approximate surface area is 100 Å². The topological polar surface area (TPSA) is 43.1 Å². The van der Waals surface area contributed by atoms with E-state index >= 15 is 0 Å². The van der Waals surface area contributed by atoms with Gasteiger partial charge in [0.15, 0.2) is 5.76 Å². The maximum Gasteiger partial charge on any atom is 0.170 e. The predicted octanol–water partition coefficient (Wildman–Crippen LogP) is 3.11. The number of aromatic nitrogens is 1. The van der Waals surface area contributed by atoms with Gasteiger partial charge < -0.3 is 9.32 Å². The summed E-state index contributed by atoms with van der Waals surface area (Å²) < 4.78 is 5.28. The zero-order chi connectivity index (χ0) is 12.3. The van der Waals surface area contributed by atoms with Crippen molar-refractivity contribution in [1.82, 2.24) is 5.16 Å². The highest BCUT2D eigenvalue weighted by atomic mass is 16.5. The van der Waals surface area contributed by atoms with E-state index in [1.54, 1.807) is 6.20 Å². The third-order valence-corrected chi connectivity index (χ3v) is 2.65. The van der Waals surface area contributed by atoms with Crippen molar-refractivity contribution in [2.24, 2.45) is 5.41 Å². The highest BCUT2D eigenvalue weighted by Crippen LogP contribution is 2.28. The Kier molecular flexibility index (Phi) is 3.09. The average Bonchev–Trinajstić information content (AvgIpc) is 2.77. The Hall–Kier alpha value is -1.90. The summed E-state index contributed by atoms with van der Waals surface area (Å²) in [6.45, 7) is 3.81.